The van der Waals surface area contributed by atoms with Gasteiger partial charge >= 0.3 is 0 Å². The van der Waals surface area contributed by atoms with E-state index in [0.29, 0.717) is 32.3 Å². The van der Waals surface area contributed by atoms with Gasteiger partial charge in [-0.05, 0) is 25.5 Å². The van der Waals surface area contributed by atoms with E-state index in [1.54, 1.807) is 14.2 Å². The van der Waals surface area contributed by atoms with Gasteiger partial charge in [0, 0.05) is 33.3 Å². The lowest BCUT2D eigenvalue weighted by molar-refractivity contribution is 0.145. The average molecular weight is 488 g/mol. The summed E-state index contributed by atoms with van der Waals surface area (Å²) in [6.07, 6.45) is 0. The molecule has 0 unspecified atom stereocenters. The average Bonchev–Trinajstić information content (AvgIpc) is 2.95. The fourth-order valence-corrected chi connectivity index (χ4v) is 2.34. The molecule has 2 rings (SSSR count). The molecule has 0 amide bonds. The zero-order valence-electron chi connectivity index (χ0n) is 16.6. The largest absolute Gasteiger partial charge is 0.491 e. The van der Waals surface area contributed by atoms with Crippen molar-refractivity contribution in [3.05, 3.63) is 41.0 Å². The summed E-state index contributed by atoms with van der Waals surface area (Å²) in [5, 5.41) is 14.7. The van der Waals surface area contributed by atoms with Crippen LogP contribution >= 0.6 is 24.0 Å². The van der Waals surface area contributed by atoms with Crippen LogP contribution < -0.4 is 15.4 Å². The van der Waals surface area contributed by atoms with E-state index in [9.17, 15) is 0 Å². The van der Waals surface area contributed by atoms with Crippen LogP contribution in [0.2, 0.25) is 0 Å². The lowest BCUT2D eigenvalue weighted by atomic mass is 10.1. The van der Waals surface area contributed by atoms with Crippen LogP contribution in [0.1, 0.15) is 22.8 Å². The Hall–Kier alpha value is -1.88. The van der Waals surface area contributed by atoms with Crippen molar-refractivity contribution < 1.29 is 9.47 Å². The molecule has 150 valence electrons. The van der Waals surface area contributed by atoms with Gasteiger partial charge in [0.25, 0.3) is 0 Å². The molecule has 2 aromatic rings. The first kappa shape index (κ1) is 23.2. The van der Waals surface area contributed by atoms with Crippen LogP contribution in [0.15, 0.2) is 23.2 Å². The molecule has 0 spiro atoms. The van der Waals surface area contributed by atoms with Crippen LogP contribution in [0.4, 0.5) is 0 Å². The Kier molecular flexibility index (Phi) is 10.1. The highest BCUT2D eigenvalue weighted by atomic mass is 127. The van der Waals surface area contributed by atoms with Crippen LogP contribution in [0.5, 0.6) is 5.75 Å². The van der Waals surface area contributed by atoms with Crippen molar-refractivity contribution in [3.8, 4) is 5.75 Å². The maximum atomic E-state index is 5.83. The first-order chi connectivity index (χ1) is 12.5. The molecule has 0 aliphatic heterocycles. The minimum Gasteiger partial charge on any atom is -0.491 e. The van der Waals surface area contributed by atoms with E-state index >= 15 is 0 Å². The van der Waals surface area contributed by atoms with Crippen molar-refractivity contribution in [2.45, 2.75) is 26.9 Å². The molecule has 0 aliphatic carbocycles. The molecule has 1 heterocycles. The lowest BCUT2D eigenvalue weighted by Crippen LogP contribution is -2.37. The standard InChI is InChI=1S/C18H28N6O2.HI/c1-13-6-7-15(16(10-13)26-9-8-25-5)11-20-18(19-3)21-12-17-23-22-14(2)24(17)4;/h6-7,10H,8-9,11-12H2,1-5H3,(H2,19,20,21);1H. The molecule has 0 radical (unpaired) electrons. The van der Waals surface area contributed by atoms with Gasteiger partial charge in [-0.1, -0.05) is 12.1 Å². The molecular formula is C18H29IN6O2. The number of methoxy groups -OCH3 is 1. The van der Waals surface area contributed by atoms with E-state index in [4.69, 9.17) is 9.47 Å². The summed E-state index contributed by atoms with van der Waals surface area (Å²) in [6.45, 7) is 6.19. The van der Waals surface area contributed by atoms with Crippen LogP contribution in [-0.2, 0) is 24.9 Å². The second-order valence-electron chi connectivity index (χ2n) is 5.95. The Bertz CT molecular complexity index is 747. The van der Waals surface area contributed by atoms with Gasteiger partial charge in [-0.15, -0.1) is 34.2 Å². The fraction of sp³-hybridized carbons (Fsp3) is 0.500. The molecular weight excluding hydrogens is 459 g/mol. The number of guanidine groups is 1. The number of aryl methyl sites for hydroxylation is 2. The first-order valence-corrected chi connectivity index (χ1v) is 8.55. The van der Waals surface area contributed by atoms with Crippen molar-refractivity contribution in [1.82, 2.24) is 25.4 Å². The molecule has 8 nitrogen and oxygen atoms in total. The molecule has 27 heavy (non-hydrogen) atoms. The van der Waals surface area contributed by atoms with Gasteiger partial charge in [-0.2, -0.15) is 0 Å². The summed E-state index contributed by atoms with van der Waals surface area (Å²) in [5.74, 6) is 3.27. The van der Waals surface area contributed by atoms with Gasteiger partial charge in [-0.25, -0.2) is 0 Å². The Morgan fingerprint density at radius 2 is 1.89 bits per heavy atom. The highest BCUT2D eigenvalue weighted by Gasteiger charge is 2.08. The number of hydrogen-bond donors (Lipinski definition) is 2. The molecule has 1 aromatic carbocycles. The number of ether oxygens (including phenoxy) is 2. The van der Waals surface area contributed by atoms with Gasteiger partial charge in [0.15, 0.2) is 11.8 Å². The number of hydrogen-bond acceptors (Lipinski definition) is 5. The Morgan fingerprint density at radius 3 is 2.52 bits per heavy atom. The van der Waals surface area contributed by atoms with Crippen molar-refractivity contribution in [2.24, 2.45) is 12.0 Å². The Labute approximate surface area is 177 Å². The third-order valence-electron chi connectivity index (χ3n) is 4.03. The minimum atomic E-state index is 0. The number of nitrogens with one attached hydrogen (secondary N) is 2. The molecule has 0 fully saturated rings. The highest BCUT2D eigenvalue weighted by Crippen LogP contribution is 2.20. The molecule has 0 saturated carbocycles. The zero-order valence-corrected chi connectivity index (χ0v) is 18.9. The fourth-order valence-electron chi connectivity index (χ4n) is 2.34. The number of aromatic nitrogens is 3. The second kappa shape index (κ2) is 11.8. The van der Waals surface area contributed by atoms with E-state index in [-0.39, 0.29) is 24.0 Å². The van der Waals surface area contributed by atoms with Crippen molar-refractivity contribution in [1.29, 1.82) is 0 Å². The van der Waals surface area contributed by atoms with Crippen LogP contribution in [0.25, 0.3) is 0 Å². The van der Waals surface area contributed by atoms with Gasteiger partial charge in [0.2, 0.25) is 0 Å². The number of nitrogens with zero attached hydrogens (tertiary/aromatic N) is 4. The third-order valence-corrected chi connectivity index (χ3v) is 4.03. The van der Waals surface area contributed by atoms with E-state index in [0.717, 1.165) is 28.5 Å². The summed E-state index contributed by atoms with van der Waals surface area (Å²) in [7, 11) is 5.34. The number of rotatable bonds is 8. The van der Waals surface area contributed by atoms with E-state index in [2.05, 4.69) is 38.0 Å². The van der Waals surface area contributed by atoms with E-state index in [1.165, 1.54) is 0 Å². The SMILES string of the molecule is CN=C(NCc1ccc(C)cc1OCCOC)NCc1nnc(C)n1C.I. The zero-order chi connectivity index (χ0) is 18.9. The molecule has 0 saturated heterocycles. The number of aliphatic imine (C=N–C) groups is 1. The van der Waals surface area contributed by atoms with Gasteiger partial charge in [0.1, 0.15) is 18.2 Å². The van der Waals surface area contributed by atoms with Gasteiger partial charge in [-0.3, -0.25) is 4.99 Å². The first-order valence-electron chi connectivity index (χ1n) is 8.55. The summed E-state index contributed by atoms with van der Waals surface area (Å²) < 4.78 is 12.8. The predicted octanol–water partition coefficient (Wildman–Crippen LogP) is 1.94. The Morgan fingerprint density at radius 1 is 1.15 bits per heavy atom. The minimum absolute atomic E-state index is 0. The summed E-state index contributed by atoms with van der Waals surface area (Å²) in [6, 6.07) is 6.16. The van der Waals surface area contributed by atoms with Crippen molar-refractivity contribution in [2.75, 3.05) is 27.4 Å². The maximum absolute atomic E-state index is 5.83. The molecule has 1 aromatic heterocycles. The predicted molar refractivity (Wildman–Crippen MR) is 117 cm³/mol. The highest BCUT2D eigenvalue weighted by molar-refractivity contribution is 14.0. The smallest absolute Gasteiger partial charge is 0.191 e. The van der Waals surface area contributed by atoms with Crippen molar-refractivity contribution in [3.63, 3.8) is 0 Å². The molecule has 0 bridgehead atoms. The van der Waals surface area contributed by atoms with Crippen molar-refractivity contribution >= 4 is 29.9 Å². The molecule has 0 atom stereocenters. The molecule has 0 aliphatic rings. The van der Waals surface area contributed by atoms with Crippen LogP contribution in [0, 0.1) is 13.8 Å². The summed E-state index contributed by atoms with van der Waals surface area (Å²) >= 11 is 0. The third kappa shape index (κ3) is 6.98. The number of benzene rings is 1. The quantitative estimate of drug-likeness (QED) is 0.256. The molecule has 9 heteroatoms. The van der Waals surface area contributed by atoms with Crippen LogP contribution in [0.3, 0.4) is 0 Å². The second-order valence-corrected chi connectivity index (χ2v) is 5.95. The normalized spacial score (nSPS) is 11.1. The maximum Gasteiger partial charge on any atom is 0.191 e. The summed E-state index contributed by atoms with van der Waals surface area (Å²) in [4.78, 5) is 4.25. The molecule has 2 N–H and O–H groups in total. The monoisotopic (exact) mass is 488 g/mol. The topological polar surface area (TPSA) is 85.6 Å². The van der Waals surface area contributed by atoms with Crippen LogP contribution in [-0.4, -0.2) is 48.1 Å². The van der Waals surface area contributed by atoms with Gasteiger partial charge < -0.3 is 24.7 Å². The van der Waals surface area contributed by atoms with E-state index < -0.39 is 0 Å². The summed E-state index contributed by atoms with van der Waals surface area (Å²) in [5.41, 5.74) is 2.21. The Balaban J connectivity index is 0.00000364. The number of halogens is 1. The lowest BCUT2D eigenvalue weighted by Gasteiger charge is -2.15. The van der Waals surface area contributed by atoms with E-state index in [1.807, 2.05) is 31.5 Å². The van der Waals surface area contributed by atoms with Gasteiger partial charge in [0.05, 0.1) is 13.2 Å².